The second-order valence-corrected chi connectivity index (χ2v) is 6.14. The minimum atomic E-state index is 0.253. The molecular weight excluding hydrogens is 226 g/mol. The van der Waals surface area contributed by atoms with Crippen molar-refractivity contribution in [2.24, 2.45) is 11.3 Å². The fourth-order valence-corrected chi connectivity index (χ4v) is 2.61. The molecule has 0 atom stereocenters. The van der Waals surface area contributed by atoms with Gasteiger partial charge in [-0.2, -0.15) is 9.97 Å². The van der Waals surface area contributed by atoms with Crippen LogP contribution in [0.3, 0.4) is 0 Å². The van der Waals surface area contributed by atoms with Gasteiger partial charge in [0, 0.05) is 19.2 Å². The van der Waals surface area contributed by atoms with Crippen LogP contribution in [0.25, 0.3) is 0 Å². The van der Waals surface area contributed by atoms with Gasteiger partial charge in [-0.25, -0.2) is 0 Å². The van der Waals surface area contributed by atoms with Gasteiger partial charge in [-0.05, 0) is 24.2 Å². The summed E-state index contributed by atoms with van der Waals surface area (Å²) in [6, 6.07) is 1.80. The molecule has 0 bridgehead atoms. The topological polar surface area (TPSA) is 81.1 Å². The average Bonchev–Trinajstić information content (AvgIpc) is 2.27. The van der Waals surface area contributed by atoms with Crippen molar-refractivity contribution < 1.29 is 0 Å². The third-order valence-electron chi connectivity index (χ3n) is 3.79. The van der Waals surface area contributed by atoms with Gasteiger partial charge >= 0.3 is 0 Å². The Morgan fingerprint density at radius 1 is 1.17 bits per heavy atom. The zero-order valence-corrected chi connectivity index (χ0v) is 11.5. The number of aromatic nitrogens is 2. The summed E-state index contributed by atoms with van der Waals surface area (Å²) in [5.41, 5.74) is 11.7. The maximum atomic E-state index is 5.70. The summed E-state index contributed by atoms with van der Waals surface area (Å²) >= 11 is 0. The second-order valence-electron chi connectivity index (χ2n) is 6.14. The highest BCUT2D eigenvalue weighted by Crippen LogP contribution is 2.35. The van der Waals surface area contributed by atoms with E-state index in [0.717, 1.165) is 24.8 Å². The molecule has 0 aliphatic carbocycles. The van der Waals surface area contributed by atoms with Crippen LogP contribution in [0.2, 0.25) is 0 Å². The Labute approximate surface area is 109 Å². The average molecular weight is 249 g/mol. The van der Waals surface area contributed by atoms with E-state index in [0.29, 0.717) is 11.2 Å². The number of hydrogen-bond donors (Lipinski definition) is 2. The molecule has 1 aliphatic heterocycles. The Balaban J connectivity index is 2.05. The van der Waals surface area contributed by atoms with E-state index in [1.807, 2.05) is 0 Å². The lowest BCUT2D eigenvalue weighted by atomic mass is 9.75. The lowest BCUT2D eigenvalue weighted by molar-refractivity contribution is 0.198. The Morgan fingerprint density at radius 2 is 1.78 bits per heavy atom. The number of hydrogen-bond acceptors (Lipinski definition) is 5. The van der Waals surface area contributed by atoms with Crippen molar-refractivity contribution in [1.82, 2.24) is 9.97 Å². The molecule has 4 N–H and O–H groups in total. The molecule has 0 radical (unpaired) electrons. The van der Waals surface area contributed by atoms with Gasteiger partial charge < -0.3 is 16.4 Å². The van der Waals surface area contributed by atoms with Crippen molar-refractivity contribution in [2.45, 2.75) is 33.6 Å². The van der Waals surface area contributed by atoms with Crippen LogP contribution in [0, 0.1) is 11.3 Å². The number of nitrogens with two attached hydrogens (primary N) is 2. The first-order valence-corrected chi connectivity index (χ1v) is 6.51. The fourth-order valence-electron chi connectivity index (χ4n) is 2.61. The Kier molecular flexibility index (Phi) is 3.32. The first-order valence-electron chi connectivity index (χ1n) is 6.51. The third kappa shape index (κ3) is 2.83. The second kappa shape index (κ2) is 4.63. The molecule has 1 aromatic rings. The molecular formula is C13H23N5. The molecule has 0 amide bonds. The zero-order valence-electron chi connectivity index (χ0n) is 11.5. The van der Waals surface area contributed by atoms with E-state index in [1.54, 1.807) is 6.07 Å². The van der Waals surface area contributed by atoms with Crippen molar-refractivity contribution >= 4 is 17.6 Å². The van der Waals surface area contributed by atoms with Crippen molar-refractivity contribution in [3.63, 3.8) is 0 Å². The summed E-state index contributed by atoms with van der Waals surface area (Å²) in [6.45, 7) is 8.96. The molecule has 100 valence electrons. The van der Waals surface area contributed by atoms with Crippen molar-refractivity contribution in [3.8, 4) is 0 Å². The number of piperidine rings is 1. The lowest BCUT2D eigenvalue weighted by Crippen LogP contribution is -2.38. The van der Waals surface area contributed by atoms with E-state index >= 15 is 0 Å². The van der Waals surface area contributed by atoms with E-state index in [2.05, 4.69) is 35.6 Å². The lowest BCUT2D eigenvalue weighted by Gasteiger charge is -2.39. The third-order valence-corrected chi connectivity index (χ3v) is 3.79. The van der Waals surface area contributed by atoms with Gasteiger partial charge in [0.15, 0.2) is 0 Å². The predicted molar refractivity (Wildman–Crippen MR) is 75.2 cm³/mol. The minimum Gasteiger partial charge on any atom is -0.383 e. The van der Waals surface area contributed by atoms with Gasteiger partial charge in [0.05, 0.1) is 0 Å². The summed E-state index contributed by atoms with van der Waals surface area (Å²) in [7, 11) is 0. The van der Waals surface area contributed by atoms with Crippen LogP contribution >= 0.6 is 0 Å². The minimum absolute atomic E-state index is 0.253. The Bertz CT molecular complexity index is 396. The number of rotatable bonds is 1. The number of nitrogens with zero attached hydrogens (tertiary/aromatic N) is 3. The molecule has 1 aromatic heterocycles. The molecule has 2 rings (SSSR count). The molecule has 0 unspecified atom stereocenters. The van der Waals surface area contributed by atoms with Crippen molar-refractivity contribution in [1.29, 1.82) is 0 Å². The van der Waals surface area contributed by atoms with Crippen LogP contribution < -0.4 is 16.4 Å². The summed E-state index contributed by atoms with van der Waals surface area (Å²) in [5.74, 6) is 2.32. The number of nitrogen functional groups attached to an aromatic ring is 2. The van der Waals surface area contributed by atoms with E-state index in [-0.39, 0.29) is 5.95 Å². The zero-order chi connectivity index (χ0) is 13.3. The molecule has 1 aliphatic rings. The smallest absolute Gasteiger partial charge is 0.223 e. The predicted octanol–water partition coefficient (Wildman–Crippen LogP) is 1.90. The molecule has 0 spiro atoms. The van der Waals surface area contributed by atoms with Gasteiger partial charge in [0.2, 0.25) is 5.95 Å². The van der Waals surface area contributed by atoms with Crippen LogP contribution in [0.4, 0.5) is 17.6 Å². The summed E-state index contributed by atoms with van der Waals surface area (Å²) in [6.07, 6.45) is 2.38. The summed E-state index contributed by atoms with van der Waals surface area (Å²) < 4.78 is 0. The first-order chi connectivity index (χ1) is 8.36. The first kappa shape index (κ1) is 12.9. The van der Waals surface area contributed by atoms with Gasteiger partial charge in [-0.15, -0.1) is 0 Å². The SMILES string of the molecule is CC(C)(C)C1CCN(c2cc(N)nc(N)n2)CC1. The van der Waals surface area contributed by atoms with Crippen LogP contribution in [-0.2, 0) is 0 Å². The highest BCUT2D eigenvalue weighted by Gasteiger charge is 2.29. The van der Waals surface area contributed by atoms with Crippen LogP contribution in [0.1, 0.15) is 33.6 Å². The molecule has 2 heterocycles. The van der Waals surface area contributed by atoms with E-state index in [9.17, 15) is 0 Å². The highest BCUT2D eigenvalue weighted by atomic mass is 15.2. The summed E-state index contributed by atoms with van der Waals surface area (Å²) in [5, 5.41) is 0. The van der Waals surface area contributed by atoms with Gasteiger partial charge in [-0.1, -0.05) is 20.8 Å². The monoisotopic (exact) mass is 249 g/mol. The van der Waals surface area contributed by atoms with Crippen LogP contribution in [-0.4, -0.2) is 23.1 Å². The van der Waals surface area contributed by atoms with E-state index in [1.165, 1.54) is 12.8 Å². The Morgan fingerprint density at radius 3 is 2.28 bits per heavy atom. The van der Waals surface area contributed by atoms with E-state index in [4.69, 9.17) is 11.5 Å². The van der Waals surface area contributed by atoms with Gasteiger partial charge in [0.1, 0.15) is 11.6 Å². The fraction of sp³-hybridized carbons (Fsp3) is 0.692. The van der Waals surface area contributed by atoms with Crippen LogP contribution in [0.5, 0.6) is 0 Å². The maximum absolute atomic E-state index is 5.70. The number of anilines is 3. The molecule has 5 heteroatoms. The highest BCUT2D eigenvalue weighted by molar-refractivity contribution is 5.50. The normalized spacial score (nSPS) is 18.1. The van der Waals surface area contributed by atoms with E-state index < -0.39 is 0 Å². The quantitative estimate of drug-likeness (QED) is 0.794. The van der Waals surface area contributed by atoms with Crippen molar-refractivity contribution in [2.75, 3.05) is 29.5 Å². The molecule has 0 aromatic carbocycles. The molecule has 1 fully saturated rings. The van der Waals surface area contributed by atoms with Gasteiger partial charge in [-0.3, -0.25) is 0 Å². The Hall–Kier alpha value is -1.52. The largest absolute Gasteiger partial charge is 0.383 e. The van der Waals surface area contributed by atoms with Gasteiger partial charge in [0.25, 0.3) is 0 Å². The summed E-state index contributed by atoms with van der Waals surface area (Å²) in [4.78, 5) is 10.4. The molecule has 5 nitrogen and oxygen atoms in total. The van der Waals surface area contributed by atoms with Crippen molar-refractivity contribution in [3.05, 3.63) is 6.07 Å². The maximum Gasteiger partial charge on any atom is 0.223 e. The molecule has 0 saturated carbocycles. The van der Waals surface area contributed by atoms with Crippen LogP contribution in [0.15, 0.2) is 6.07 Å². The molecule has 1 saturated heterocycles. The molecule has 18 heavy (non-hydrogen) atoms. The standard InChI is InChI=1S/C13H23N5/c1-13(2,3)9-4-6-18(7-5-9)11-8-10(14)16-12(15)17-11/h8-9H,4-7H2,1-3H3,(H4,14,15,16,17).